The topological polar surface area (TPSA) is 64.9 Å². The van der Waals surface area contributed by atoms with Gasteiger partial charge in [-0.05, 0) is 43.3 Å². The minimum absolute atomic E-state index is 0.743. The first-order valence-corrected chi connectivity index (χ1v) is 7.95. The highest BCUT2D eigenvalue weighted by molar-refractivity contribution is 5.90. The van der Waals surface area contributed by atoms with Crippen LogP contribution in [0.2, 0.25) is 0 Å². The van der Waals surface area contributed by atoms with Gasteiger partial charge in [-0.15, -0.1) is 0 Å². The standard InChI is InChI=1S/C19H17N5O/c1-13-17-18(20-12-21-19(17)24(2)23-13)22-14-8-10-16(11-9-14)25-15-6-4-3-5-7-15/h3-12H,1-2H3,(H,20,21,22). The smallest absolute Gasteiger partial charge is 0.163 e. The highest BCUT2D eigenvalue weighted by Crippen LogP contribution is 2.27. The van der Waals surface area contributed by atoms with Gasteiger partial charge in [0.15, 0.2) is 5.65 Å². The molecule has 0 saturated carbocycles. The fourth-order valence-corrected chi connectivity index (χ4v) is 2.74. The van der Waals surface area contributed by atoms with Crippen LogP contribution in [0.15, 0.2) is 60.9 Å². The lowest BCUT2D eigenvalue weighted by Crippen LogP contribution is -1.97. The summed E-state index contributed by atoms with van der Waals surface area (Å²) in [5.41, 5.74) is 2.62. The number of nitrogens with zero attached hydrogens (tertiary/aromatic N) is 4. The second-order valence-corrected chi connectivity index (χ2v) is 5.69. The van der Waals surface area contributed by atoms with Gasteiger partial charge in [-0.25, -0.2) is 9.97 Å². The molecule has 0 aliphatic heterocycles. The lowest BCUT2D eigenvalue weighted by Gasteiger charge is -2.09. The van der Waals surface area contributed by atoms with Crippen molar-refractivity contribution in [2.45, 2.75) is 6.92 Å². The number of aryl methyl sites for hydroxylation is 2. The molecule has 25 heavy (non-hydrogen) atoms. The molecule has 0 aliphatic carbocycles. The van der Waals surface area contributed by atoms with Crippen LogP contribution in [0.25, 0.3) is 11.0 Å². The van der Waals surface area contributed by atoms with Crippen LogP contribution >= 0.6 is 0 Å². The number of hydrogen-bond donors (Lipinski definition) is 1. The lowest BCUT2D eigenvalue weighted by atomic mass is 10.2. The molecule has 0 fully saturated rings. The summed E-state index contributed by atoms with van der Waals surface area (Å²) in [6, 6.07) is 17.5. The summed E-state index contributed by atoms with van der Waals surface area (Å²) in [5, 5.41) is 8.67. The fraction of sp³-hybridized carbons (Fsp3) is 0.105. The quantitative estimate of drug-likeness (QED) is 0.607. The monoisotopic (exact) mass is 331 g/mol. The van der Waals surface area contributed by atoms with Crippen LogP contribution in [0.4, 0.5) is 11.5 Å². The number of ether oxygens (including phenoxy) is 1. The number of anilines is 2. The molecular formula is C19H17N5O. The molecule has 0 atom stereocenters. The lowest BCUT2D eigenvalue weighted by molar-refractivity contribution is 0.483. The zero-order chi connectivity index (χ0) is 17.2. The van der Waals surface area contributed by atoms with E-state index in [1.807, 2.05) is 68.6 Å². The van der Waals surface area contributed by atoms with Gasteiger partial charge in [0.1, 0.15) is 23.6 Å². The number of para-hydroxylation sites is 1. The first-order chi connectivity index (χ1) is 12.2. The molecule has 0 amide bonds. The highest BCUT2D eigenvalue weighted by atomic mass is 16.5. The van der Waals surface area contributed by atoms with Gasteiger partial charge in [-0.1, -0.05) is 18.2 Å². The molecule has 2 aromatic carbocycles. The van der Waals surface area contributed by atoms with Crippen molar-refractivity contribution in [1.29, 1.82) is 0 Å². The molecule has 1 N–H and O–H groups in total. The Morgan fingerprint density at radius 3 is 2.40 bits per heavy atom. The molecule has 4 aromatic rings. The number of hydrogen-bond acceptors (Lipinski definition) is 5. The van der Waals surface area contributed by atoms with Crippen molar-refractivity contribution in [2.75, 3.05) is 5.32 Å². The molecule has 0 unspecified atom stereocenters. The maximum Gasteiger partial charge on any atom is 0.163 e. The first kappa shape index (κ1) is 15.1. The molecule has 0 saturated heterocycles. The predicted molar refractivity (Wildman–Crippen MR) is 97.3 cm³/mol. The SMILES string of the molecule is Cc1nn(C)c2ncnc(Nc3ccc(Oc4ccccc4)cc3)c12. The molecule has 0 bridgehead atoms. The molecule has 2 aromatic heterocycles. The van der Waals surface area contributed by atoms with Crippen LogP contribution in [0, 0.1) is 6.92 Å². The van der Waals surface area contributed by atoms with E-state index < -0.39 is 0 Å². The molecule has 0 radical (unpaired) electrons. The largest absolute Gasteiger partial charge is 0.457 e. The normalized spacial score (nSPS) is 10.8. The van der Waals surface area contributed by atoms with Gasteiger partial charge in [-0.2, -0.15) is 5.10 Å². The van der Waals surface area contributed by atoms with E-state index in [0.29, 0.717) is 0 Å². The van der Waals surface area contributed by atoms with Crippen LogP contribution in [-0.4, -0.2) is 19.7 Å². The van der Waals surface area contributed by atoms with Crippen LogP contribution < -0.4 is 10.1 Å². The minimum Gasteiger partial charge on any atom is -0.457 e. The molecule has 0 aliphatic rings. The third-order valence-electron chi connectivity index (χ3n) is 3.89. The third kappa shape index (κ3) is 3.01. The number of aromatic nitrogens is 4. The number of nitrogens with one attached hydrogen (secondary N) is 1. The Labute approximate surface area is 145 Å². The summed E-state index contributed by atoms with van der Waals surface area (Å²) in [4.78, 5) is 8.65. The molecule has 2 heterocycles. The minimum atomic E-state index is 0.743. The van der Waals surface area contributed by atoms with Crippen LogP contribution in [0.1, 0.15) is 5.69 Å². The summed E-state index contributed by atoms with van der Waals surface area (Å²) in [6.45, 7) is 1.95. The number of fused-ring (bicyclic) bond motifs is 1. The number of rotatable bonds is 4. The second kappa shape index (κ2) is 6.24. The van der Waals surface area contributed by atoms with Crippen LogP contribution in [0.5, 0.6) is 11.5 Å². The Hall–Kier alpha value is -3.41. The zero-order valence-corrected chi connectivity index (χ0v) is 14.0. The summed E-state index contributed by atoms with van der Waals surface area (Å²) < 4.78 is 7.57. The maximum absolute atomic E-state index is 5.81. The Balaban J connectivity index is 1.58. The van der Waals surface area contributed by atoms with Crippen molar-refractivity contribution in [3.05, 3.63) is 66.6 Å². The predicted octanol–water partition coefficient (Wildman–Crippen LogP) is 4.21. The molecule has 6 heteroatoms. The van der Waals surface area contributed by atoms with Gasteiger partial charge in [0, 0.05) is 12.7 Å². The molecule has 6 nitrogen and oxygen atoms in total. The van der Waals surface area contributed by atoms with Crippen LogP contribution in [0.3, 0.4) is 0 Å². The van der Waals surface area contributed by atoms with Crippen molar-refractivity contribution in [3.8, 4) is 11.5 Å². The van der Waals surface area contributed by atoms with E-state index in [1.165, 1.54) is 0 Å². The second-order valence-electron chi connectivity index (χ2n) is 5.69. The Morgan fingerprint density at radius 1 is 0.920 bits per heavy atom. The highest BCUT2D eigenvalue weighted by Gasteiger charge is 2.12. The van der Waals surface area contributed by atoms with Gasteiger partial charge in [0.25, 0.3) is 0 Å². The van der Waals surface area contributed by atoms with Gasteiger partial charge in [-0.3, -0.25) is 4.68 Å². The molecule has 124 valence electrons. The van der Waals surface area contributed by atoms with Crippen molar-refractivity contribution in [2.24, 2.45) is 7.05 Å². The summed E-state index contributed by atoms with van der Waals surface area (Å²) >= 11 is 0. The first-order valence-electron chi connectivity index (χ1n) is 7.95. The average molecular weight is 331 g/mol. The fourth-order valence-electron chi connectivity index (χ4n) is 2.74. The average Bonchev–Trinajstić information content (AvgIpc) is 2.93. The van der Waals surface area contributed by atoms with Gasteiger partial charge < -0.3 is 10.1 Å². The molecule has 0 spiro atoms. The zero-order valence-electron chi connectivity index (χ0n) is 14.0. The summed E-state index contributed by atoms with van der Waals surface area (Å²) in [7, 11) is 1.88. The molecular weight excluding hydrogens is 314 g/mol. The van der Waals surface area contributed by atoms with Gasteiger partial charge in [0.05, 0.1) is 11.1 Å². The summed E-state index contributed by atoms with van der Waals surface area (Å²) in [5.74, 6) is 2.33. The third-order valence-corrected chi connectivity index (χ3v) is 3.89. The summed E-state index contributed by atoms with van der Waals surface area (Å²) in [6.07, 6.45) is 1.54. The van der Waals surface area contributed by atoms with Crippen LogP contribution in [-0.2, 0) is 7.05 Å². The Bertz CT molecular complexity index is 1010. The van der Waals surface area contributed by atoms with E-state index in [9.17, 15) is 0 Å². The van der Waals surface area contributed by atoms with Crippen molar-refractivity contribution < 1.29 is 4.74 Å². The van der Waals surface area contributed by atoms with Crippen molar-refractivity contribution in [1.82, 2.24) is 19.7 Å². The van der Waals surface area contributed by atoms with E-state index >= 15 is 0 Å². The van der Waals surface area contributed by atoms with E-state index in [4.69, 9.17) is 4.74 Å². The van der Waals surface area contributed by atoms with Gasteiger partial charge in [0.2, 0.25) is 0 Å². The maximum atomic E-state index is 5.81. The van der Waals surface area contributed by atoms with Crippen molar-refractivity contribution >= 4 is 22.5 Å². The molecule has 4 rings (SSSR count). The number of benzene rings is 2. The van der Waals surface area contributed by atoms with E-state index in [-0.39, 0.29) is 0 Å². The van der Waals surface area contributed by atoms with Gasteiger partial charge >= 0.3 is 0 Å². The van der Waals surface area contributed by atoms with E-state index in [1.54, 1.807) is 11.0 Å². The van der Waals surface area contributed by atoms with E-state index in [2.05, 4.69) is 20.4 Å². The van der Waals surface area contributed by atoms with Crippen molar-refractivity contribution in [3.63, 3.8) is 0 Å². The Kier molecular flexibility index (Phi) is 3.78. The Morgan fingerprint density at radius 2 is 1.64 bits per heavy atom. The van der Waals surface area contributed by atoms with E-state index in [0.717, 1.165) is 39.7 Å².